The molecule has 5 nitrogen and oxygen atoms in total. The predicted octanol–water partition coefficient (Wildman–Crippen LogP) is 27.4. The molecule has 0 bridgehead atoms. The summed E-state index contributed by atoms with van der Waals surface area (Å²) in [4.78, 5) is 15.2. The fourth-order valence-electron chi connectivity index (χ4n) is 16.7. The number of fused-ring (bicyclic) bond motifs is 6. The van der Waals surface area contributed by atoms with E-state index in [1.165, 1.54) is 77.9 Å². The summed E-state index contributed by atoms with van der Waals surface area (Å²) in [5, 5.41) is 4.42. The lowest BCUT2D eigenvalue weighted by Gasteiger charge is -2.38. The number of rotatable bonds is 12. The zero-order valence-corrected chi connectivity index (χ0v) is 60.8. The van der Waals surface area contributed by atoms with Gasteiger partial charge in [-0.05, 0) is 232 Å². The van der Waals surface area contributed by atoms with Crippen molar-refractivity contribution in [2.75, 3.05) is 0 Å². The molecule has 0 saturated heterocycles. The molecule has 17 rings (SSSR count). The monoisotopic (exact) mass is 1350 g/mol. The van der Waals surface area contributed by atoms with Gasteiger partial charge in [0.2, 0.25) is 0 Å². The third-order valence-electron chi connectivity index (χ3n) is 22.1. The Kier molecular flexibility index (Phi) is 16.7. The minimum atomic E-state index is -0.0584. The molecule has 2 unspecified atom stereocenters. The minimum absolute atomic E-state index is 0.0302. The van der Waals surface area contributed by atoms with Crippen molar-refractivity contribution in [3.63, 3.8) is 0 Å². The van der Waals surface area contributed by atoms with Crippen LogP contribution >= 0.6 is 0 Å². The van der Waals surface area contributed by atoms with E-state index in [1.807, 2.05) is 18.6 Å². The van der Waals surface area contributed by atoms with Gasteiger partial charge in [0.05, 0.1) is 17.1 Å². The van der Waals surface area contributed by atoms with Crippen LogP contribution in [0.4, 0.5) is 0 Å². The maximum atomic E-state index is 6.70. The highest BCUT2D eigenvalue weighted by Crippen LogP contribution is 2.55. The van der Waals surface area contributed by atoms with Crippen molar-refractivity contribution in [3.8, 4) is 101 Å². The van der Waals surface area contributed by atoms with E-state index in [-0.39, 0.29) is 34.0 Å². The maximum absolute atomic E-state index is 6.70. The highest BCUT2D eigenvalue weighted by atomic mass is 16.3. The quantitative estimate of drug-likeness (QED) is 0.122. The summed E-state index contributed by atoms with van der Waals surface area (Å²) >= 11 is 0. The molecule has 0 amide bonds. The summed E-state index contributed by atoms with van der Waals surface area (Å²) in [6, 6.07) is 104. The van der Waals surface area contributed by atoms with Gasteiger partial charge in [0.25, 0.3) is 0 Å². The average molecular weight is 1350 g/mol. The van der Waals surface area contributed by atoms with Gasteiger partial charge < -0.3 is 8.83 Å². The molecular weight excluding hydrogens is 1260 g/mol. The zero-order chi connectivity index (χ0) is 71.0. The molecule has 0 radical (unpaired) electrons. The van der Waals surface area contributed by atoms with Crippen LogP contribution in [-0.4, -0.2) is 15.0 Å². The van der Waals surface area contributed by atoms with Gasteiger partial charge in [0.1, 0.15) is 22.3 Å². The van der Waals surface area contributed by atoms with Crippen molar-refractivity contribution >= 4 is 43.9 Å². The van der Waals surface area contributed by atoms with Crippen LogP contribution in [0.5, 0.6) is 0 Å². The minimum Gasteiger partial charge on any atom is -0.456 e. The second-order valence-corrected chi connectivity index (χ2v) is 31.8. The van der Waals surface area contributed by atoms with Crippen molar-refractivity contribution in [2.45, 2.75) is 116 Å². The van der Waals surface area contributed by atoms with Crippen LogP contribution in [0.1, 0.15) is 133 Å². The van der Waals surface area contributed by atoms with E-state index in [0.29, 0.717) is 0 Å². The first-order valence-corrected chi connectivity index (χ1v) is 36.9. The Hall–Kier alpha value is -11.5. The molecule has 508 valence electrons. The molecule has 1 aliphatic carbocycles. The van der Waals surface area contributed by atoms with Crippen LogP contribution in [0.25, 0.3) is 144 Å². The Balaban J connectivity index is 0.869. The third-order valence-corrected chi connectivity index (χ3v) is 22.1. The summed E-state index contributed by atoms with van der Waals surface area (Å²) in [6.45, 7) is 20.5. The smallest absolute Gasteiger partial charge is 0.136 e. The molecule has 11 aromatic carbocycles. The molecule has 0 N–H and O–H groups in total. The number of furan rings is 2. The zero-order valence-electron chi connectivity index (χ0n) is 60.8. The van der Waals surface area contributed by atoms with Gasteiger partial charge >= 0.3 is 0 Å². The Morgan fingerprint density at radius 3 is 0.952 bits per heavy atom. The summed E-state index contributed by atoms with van der Waals surface area (Å²) in [5.41, 5.74) is 31.4. The van der Waals surface area contributed by atoms with E-state index in [4.69, 9.17) is 23.8 Å². The first-order valence-electron chi connectivity index (χ1n) is 36.9. The van der Waals surface area contributed by atoms with Crippen molar-refractivity contribution in [1.29, 1.82) is 0 Å². The lowest BCUT2D eigenvalue weighted by molar-refractivity contribution is 0.353. The van der Waals surface area contributed by atoms with Gasteiger partial charge in [-0.3, -0.25) is 15.0 Å². The van der Waals surface area contributed by atoms with Crippen LogP contribution in [-0.2, 0) is 16.2 Å². The van der Waals surface area contributed by atoms with Gasteiger partial charge in [0, 0.05) is 56.8 Å². The fourth-order valence-corrected chi connectivity index (χ4v) is 16.7. The Morgan fingerprint density at radius 1 is 0.250 bits per heavy atom. The van der Waals surface area contributed by atoms with E-state index in [0.717, 1.165) is 119 Å². The van der Waals surface area contributed by atoms with Crippen LogP contribution in [0, 0.1) is 0 Å². The SMILES string of the molecule is CC(C)(C)c1ccnc(-c2ccc(-c3ccccc3C3CC(c4ccccc4-c4ccc(-c5cc(C(C)(C)C)ccn5)cc4-c4cccc5oc6ccccc6c45)CC(c4ccccc4-c4ccc(-c5cc(C(C)(C)C)ccn5)cc4-c4cccc5oc6ccccc6c45)C3)c(-c3ccccc3)c2)c1. The number of nitrogens with zero attached hydrogens (tertiary/aromatic N) is 3. The Morgan fingerprint density at radius 2 is 0.567 bits per heavy atom. The summed E-state index contributed by atoms with van der Waals surface area (Å²) < 4.78 is 13.4. The van der Waals surface area contributed by atoms with Crippen LogP contribution in [0.15, 0.2) is 306 Å². The van der Waals surface area contributed by atoms with Crippen LogP contribution in [0.3, 0.4) is 0 Å². The molecule has 0 spiro atoms. The summed E-state index contributed by atoms with van der Waals surface area (Å²) in [6.07, 6.45) is 8.71. The molecule has 5 aromatic heterocycles. The number of pyridine rings is 3. The number of benzene rings is 11. The first kappa shape index (κ1) is 65.8. The van der Waals surface area contributed by atoms with Crippen molar-refractivity contribution in [3.05, 3.63) is 331 Å². The van der Waals surface area contributed by atoms with Gasteiger partial charge in [-0.15, -0.1) is 0 Å². The van der Waals surface area contributed by atoms with Crippen molar-refractivity contribution < 1.29 is 8.83 Å². The number of para-hydroxylation sites is 2. The van der Waals surface area contributed by atoms with E-state index >= 15 is 0 Å². The molecule has 1 aliphatic rings. The predicted molar refractivity (Wildman–Crippen MR) is 434 cm³/mol. The van der Waals surface area contributed by atoms with E-state index in [1.54, 1.807) is 0 Å². The second-order valence-electron chi connectivity index (χ2n) is 31.8. The first-order chi connectivity index (χ1) is 50.4. The lowest BCUT2D eigenvalue weighted by Crippen LogP contribution is -2.21. The van der Waals surface area contributed by atoms with Gasteiger partial charge in [-0.2, -0.15) is 0 Å². The number of hydrogen-bond donors (Lipinski definition) is 0. The maximum Gasteiger partial charge on any atom is 0.136 e. The summed E-state index contributed by atoms with van der Waals surface area (Å²) in [7, 11) is 0. The molecule has 1 saturated carbocycles. The third kappa shape index (κ3) is 12.3. The normalized spacial score (nSPS) is 15.1. The molecule has 1 fully saturated rings. The Bertz CT molecular complexity index is 5680. The van der Waals surface area contributed by atoms with Gasteiger partial charge in [0.15, 0.2) is 0 Å². The van der Waals surface area contributed by atoms with Crippen LogP contribution < -0.4 is 0 Å². The molecule has 5 heteroatoms. The van der Waals surface area contributed by atoms with Gasteiger partial charge in [-0.25, -0.2) is 0 Å². The molecule has 2 atom stereocenters. The second kappa shape index (κ2) is 26.4. The molecule has 104 heavy (non-hydrogen) atoms. The largest absolute Gasteiger partial charge is 0.456 e. The van der Waals surface area contributed by atoms with Crippen molar-refractivity contribution in [1.82, 2.24) is 15.0 Å². The highest BCUT2D eigenvalue weighted by Gasteiger charge is 2.36. The van der Waals surface area contributed by atoms with E-state index in [2.05, 4.69) is 341 Å². The topological polar surface area (TPSA) is 65.0 Å². The average Bonchev–Trinajstić information content (AvgIpc) is 1.20. The fraction of sp³-hybridized carbons (Fsp3) is 0.182. The van der Waals surface area contributed by atoms with E-state index < -0.39 is 0 Å². The van der Waals surface area contributed by atoms with Gasteiger partial charge in [-0.1, -0.05) is 263 Å². The molecule has 0 aliphatic heterocycles. The van der Waals surface area contributed by atoms with E-state index in [9.17, 15) is 0 Å². The number of aromatic nitrogens is 3. The molecule has 5 heterocycles. The standard InChI is InChI=1S/C99H85N3O2/c1-97(2,3)69-47-50-100-88(59-69)63-41-44-78(85(56-63)62-25-11-10-12-26-62)75-30-16-13-27-72(75)66-53-67(73-28-14-17-31-76(73)79-45-42-64(89-60-70(48-51-101-89)98(4,5)6)57-86(79)81-35-23-39-93-95(81)83-33-19-21-37-91(83)103-93)55-68(54-66)74-29-15-18-32-77(74)80-46-43-65(90-61-71(49-52-102-90)99(7,8)9)58-87(80)82-36-24-40-94-96(82)84-34-20-22-38-92(84)104-94/h10-52,56-61,66-68H,53-55H2,1-9H3. The van der Waals surface area contributed by atoms with Crippen LogP contribution in [0.2, 0.25) is 0 Å². The lowest BCUT2D eigenvalue weighted by atomic mass is 9.66. The highest BCUT2D eigenvalue weighted by molar-refractivity contribution is 6.15. The van der Waals surface area contributed by atoms with Crippen molar-refractivity contribution in [2.24, 2.45) is 0 Å². The Labute approximate surface area is 611 Å². The summed E-state index contributed by atoms with van der Waals surface area (Å²) in [5.74, 6) is 0.364. The number of hydrogen-bond acceptors (Lipinski definition) is 5. The molecular formula is C99H85N3O2. The molecule has 16 aromatic rings.